The van der Waals surface area contributed by atoms with Crippen LogP contribution in [0.25, 0.3) is 0 Å². The van der Waals surface area contributed by atoms with Crippen LogP contribution in [0, 0.1) is 32.8 Å². The van der Waals surface area contributed by atoms with E-state index in [9.17, 15) is 18.9 Å². The Balaban J connectivity index is 3.57. The van der Waals surface area contributed by atoms with E-state index in [-0.39, 0.29) is 5.69 Å². The average molecular weight is 238 g/mol. The van der Waals surface area contributed by atoms with Gasteiger partial charge < -0.3 is 0 Å². The number of pyridine rings is 1. The van der Waals surface area contributed by atoms with Crippen LogP contribution in [0.1, 0.15) is 23.4 Å². The molecule has 1 heterocycles. The van der Waals surface area contributed by atoms with Gasteiger partial charge in [-0.2, -0.15) is 10.5 Å². The van der Waals surface area contributed by atoms with Gasteiger partial charge in [0.1, 0.15) is 17.3 Å². The molecule has 0 fully saturated rings. The van der Waals surface area contributed by atoms with Gasteiger partial charge in [-0.05, 0) is 0 Å². The number of halogens is 2. The molecule has 1 aromatic heterocycles. The number of hydrogen-bond acceptors (Lipinski definition) is 5. The van der Waals surface area contributed by atoms with Crippen LogP contribution >= 0.6 is 0 Å². The maximum Gasteiger partial charge on any atom is 0.283 e. The fraction of sp³-hybridized carbons (Fsp3) is 0.222. The fourth-order valence-corrected chi connectivity index (χ4v) is 1.25. The van der Waals surface area contributed by atoms with Gasteiger partial charge in [0.25, 0.3) is 12.1 Å². The zero-order chi connectivity index (χ0) is 13.0. The van der Waals surface area contributed by atoms with E-state index in [1.165, 1.54) is 6.07 Å². The fourth-order valence-electron chi connectivity index (χ4n) is 1.25. The number of aromatic nitrogens is 1. The zero-order valence-corrected chi connectivity index (χ0v) is 8.22. The van der Waals surface area contributed by atoms with Gasteiger partial charge in [0.15, 0.2) is 0 Å². The van der Waals surface area contributed by atoms with E-state index < -0.39 is 34.7 Å². The predicted molar refractivity (Wildman–Crippen MR) is 49.9 cm³/mol. The van der Waals surface area contributed by atoms with Gasteiger partial charge in [0, 0.05) is 0 Å². The van der Waals surface area contributed by atoms with E-state index in [1.54, 1.807) is 6.07 Å². The van der Waals surface area contributed by atoms with Crippen molar-refractivity contribution in [3.63, 3.8) is 0 Å². The lowest BCUT2D eigenvalue weighted by Crippen LogP contribution is -2.05. The van der Waals surface area contributed by atoms with Gasteiger partial charge in [0.2, 0.25) is 0 Å². The lowest BCUT2D eigenvalue weighted by atomic mass is 10.1. The van der Waals surface area contributed by atoms with E-state index in [2.05, 4.69) is 4.98 Å². The lowest BCUT2D eigenvalue weighted by Gasteiger charge is -2.06. The summed E-state index contributed by atoms with van der Waals surface area (Å²) < 4.78 is 25.3. The Morgan fingerprint density at radius 2 is 2.18 bits per heavy atom. The minimum Gasteiger partial charge on any atom is -0.258 e. The first-order valence-electron chi connectivity index (χ1n) is 4.24. The first-order chi connectivity index (χ1) is 8.01. The highest BCUT2D eigenvalue weighted by Crippen LogP contribution is 2.31. The smallest absolute Gasteiger partial charge is 0.258 e. The summed E-state index contributed by atoms with van der Waals surface area (Å²) in [5.74, 6) is 0. The molecule has 0 aliphatic rings. The number of hydrogen-bond donors (Lipinski definition) is 0. The van der Waals surface area contributed by atoms with E-state index >= 15 is 0 Å². The molecule has 0 aliphatic heterocycles. The maximum absolute atomic E-state index is 12.7. The van der Waals surface area contributed by atoms with Crippen molar-refractivity contribution < 1.29 is 13.7 Å². The summed E-state index contributed by atoms with van der Waals surface area (Å²) in [4.78, 5) is 13.1. The molecule has 0 bridgehead atoms. The van der Waals surface area contributed by atoms with E-state index in [0.29, 0.717) is 6.07 Å². The van der Waals surface area contributed by atoms with Gasteiger partial charge in [-0.15, -0.1) is 0 Å². The molecule has 0 unspecified atom stereocenters. The first kappa shape index (κ1) is 12.5. The van der Waals surface area contributed by atoms with Gasteiger partial charge in [-0.1, -0.05) is 0 Å². The molecule has 0 atom stereocenters. The molecule has 0 N–H and O–H groups in total. The quantitative estimate of drug-likeness (QED) is 0.590. The zero-order valence-electron chi connectivity index (χ0n) is 8.22. The van der Waals surface area contributed by atoms with Crippen LogP contribution in [-0.4, -0.2) is 9.91 Å². The molecule has 0 aliphatic carbocycles. The number of alkyl halides is 2. The van der Waals surface area contributed by atoms with Crippen LogP contribution in [0.3, 0.4) is 0 Å². The second kappa shape index (κ2) is 4.94. The molecule has 0 radical (unpaired) electrons. The molecule has 6 nitrogen and oxygen atoms in total. The van der Waals surface area contributed by atoms with Crippen LogP contribution in [0.4, 0.5) is 14.5 Å². The molecule has 0 aromatic carbocycles. The first-order valence-corrected chi connectivity index (χ1v) is 4.24. The Labute approximate surface area is 93.9 Å². The van der Waals surface area contributed by atoms with Crippen molar-refractivity contribution in [1.29, 1.82) is 10.5 Å². The lowest BCUT2D eigenvalue weighted by molar-refractivity contribution is -0.386. The Bertz CT molecular complexity index is 545. The van der Waals surface area contributed by atoms with Crippen LogP contribution in [-0.2, 0) is 6.42 Å². The molecule has 86 valence electrons. The molecule has 8 heteroatoms. The van der Waals surface area contributed by atoms with Crippen LogP contribution in [0.15, 0.2) is 6.07 Å². The van der Waals surface area contributed by atoms with Crippen LogP contribution in [0.5, 0.6) is 0 Å². The number of nitrogens with zero attached hydrogens (tertiary/aromatic N) is 4. The van der Waals surface area contributed by atoms with Crippen molar-refractivity contribution >= 4 is 5.69 Å². The summed E-state index contributed by atoms with van der Waals surface area (Å²) in [6, 6.07) is 3.76. The van der Waals surface area contributed by atoms with Crippen molar-refractivity contribution in [2.75, 3.05) is 0 Å². The maximum atomic E-state index is 12.7. The molecular weight excluding hydrogens is 234 g/mol. The second-order valence-corrected chi connectivity index (χ2v) is 2.89. The normalized spacial score (nSPS) is 9.71. The summed E-state index contributed by atoms with van der Waals surface area (Å²) in [5.41, 5.74) is -2.60. The van der Waals surface area contributed by atoms with Crippen LogP contribution in [0.2, 0.25) is 0 Å². The topological polar surface area (TPSA) is 104 Å². The van der Waals surface area contributed by atoms with Gasteiger partial charge in [-0.25, -0.2) is 13.8 Å². The SMILES string of the molecule is N#CCc1nc(C#N)cc([N+](=O)[O-])c1C(F)F. The Morgan fingerprint density at radius 3 is 2.59 bits per heavy atom. The molecule has 1 aromatic rings. The monoisotopic (exact) mass is 238 g/mol. The highest BCUT2D eigenvalue weighted by Gasteiger charge is 2.27. The molecule has 0 spiro atoms. The Hall–Kier alpha value is -2.61. The summed E-state index contributed by atoms with van der Waals surface area (Å²) in [6.07, 6.45) is -3.64. The average Bonchev–Trinajstić information content (AvgIpc) is 2.27. The summed E-state index contributed by atoms with van der Waals surface area (Å²) in [5, 5.41) is 27.6. The highest BCUT2D eigenvalue weighted by molar-refractivity contribution is 5.48. The van der Waals surface area contributed by atoms with Crippen molar-refractivity contribution in [3.8, 4) is 12.1 Å². The van der Waals surface area contributed by atoms with Crippen molar-refractivity contribution in [2.24, 2.45) is 0 Å². The third kappa shape index (κ3) is 2.49. The van der Waals surface area contributed by atoms with Gasteiger partial charge in [0.05, 0.1) is 29.2 Å². The molecule has 0 saturated carbocycles. The van der Waals surface area contributed by atoms with Crippen LogP contribution < -0.4 is 0 Å². The molecule has 0 amide bonds. The summed E-state index contributed by atoms with van der Waals surface area (Å²) in [7, 11) is 0. The standard InChI is InChI=1S/C9H4F2N4O2/c10-9(11)8-6(1-2-12)14-5(4-13)3-7(8)15(16)17/h3,9H,1H2. The molecular formula is C9H4F2N4O2. The summed E-state index contributed by atoms with van der Waals surface area (Å²) >= 11 is 0. The van der Waals surface area contributed by atoms with Crippen molar-refractivity contribution in [2.45, 2.75) is 12.8 Å². The minimum atomic E-state index is -3.13. The third-order valence-corrected chi connectivity index (χ3v) is 1.89. The van der Waals surface area contributed by atoms with Gasteiger partial charge in [-0.3, -0.25) is 10.1 Å². The molecule has 0 saturated heterocycles. The minimum absolute atomic E-state index is 0.369. The van der Waals surface area contributed by atoms with E-state index in [0.717, 1.165) is 0 Å². The largest absolute Gasteiger partial charge is 0.283 e. The summed E-state index contributed by atoms with van der Waals surface area (Å²) in [6.45, 7) is 0. The Kier molecular flexibility index (Phi) is 3.62. The molecule has 17 heavy (non-hydrogen) atoms. The second-order valence-electron chi connectivity index (χ2n) is 2.89. The highest BCUT2D eigenvalue weighted by atomic mass is 19.3. The Morgan fingerprint density at radius 1 is 1.53 bits per heavy atom. The van der Waals surface area contributed by atoms with E-state index in [4.69, 9.17) is 10.5 Å². The number of rotatable bonds is 3. The third-order valence-electron chi connectivity index (χ3n) is 1.89. The van der Waals surface area contributed by atoms with E-state index in [1.807, 2.05) is 0 Å². The van der Waals surface area contributed by atoms with Crippen molar-refractivity contribution in [3.05, 3.63) is 33.1 Å². The van der Waals surface area contributed by atoms with Gasteiger partial charge >= 0.3 is 0 Å². The number of nitro groups is 1. The van der Waals surface area contributed by atoms with Crippen molar-refractivity contribution in [1.82, 2.24) is 4.98 Å². The number of nitriles is 2. The predicted octanol–water partition coefficient (Wildman–Crippen LogP) is 1.87. The molecule has 1 rings (SSSR count).